The van der Waals surface area contributed by atoms with Crippen LogP contribution >= 0.6 is 23.2 Å². The molecule has 112 valence electrons. The second kappa shape index (κ2) is 7.62. The highest BCUT2D eigenvalue weighted by Crippen LogP contribution is 2.34. The van der Waals surface area contributed by atoms with E-state index in [0.29, 0.717) is 22.5 Å². The van der Waals surface area contributed by atoms with Crippen LogP contribution < -0.4 is 5.73 Å². The van der Waals surface area contributed by atoms with Crippen LogP contribution in [0.4, 0.5) is 0 Å². The molecule has 0 aliphatic carbocycles. The van der Waals surface area contributed by atoms with E-state index in [-0.39, 0.29) is 6.04 Å². The van der Waals surface area contributed by atoms with Gasteiger partial charge in [0.2, 0.25) is 0 Å². The molecule has 2 unspecified atom stereocenters. The van der Waals surface area contributed by atoms with Crippen molar-refractivity contribution in [3.63, 3.8) is 0 Å². The summed E-state index contributed by atoms with van der Waals surface area (Å²) in [5.74, 6) is 0.570. The Bertz CT molecular complexity index is 440. The molecule has 1 aliphatic rings. The van der Waals surface area contributed by atoms with Crippen LogP contribution in [-0.2, 0) is 4.74 Å². The number of hydrogen-bond donors (Lipinski definition) is 1. The van der Waals surface area contributed by atoms with Crippen LogP contribution in [0, 0.1) is 5.92 Å². The summed E-state index contributed by atoms with van der Waals surface area (Å²) in [5.41, 5.74) is 7.03. The lowest BCUT2D eigenvalue weighted by atomic mass is 9.95. The Kier molecular flexibility index (Phi) is 6.12. The van der Waals surface area contributed by atoms with Gasteiger partial charge in [-0.2, -0.15) is 0 Å². The topological polar surface area (TPSA) is 38.5 Å². The lowest BCUT2D eigenvalue weighted by Gasteiger charge is -2.38. The van der Waals surface area contributed by atoms with Gasteiger partial charge in [0, 0.05) is 26.2 Å². The Balaban J connectivity index is 2.17. The SMILES string of the molecule is COCC1CCCN(C(CN)c2cccc(Cl)c2Cl)C1. The highest BCUT2D eigenvalue weighted by Gasteiger charge is 2.27. The summed E-state index contributed by atoms with van der Waals surface area (Å²) in [6.07, 6.45) is 2.38. The minimum atomic E-state index is 0.126. The van der Waals surface area contributed by atoms with Gasteiger partial charge in [0.1, 0.15) is 0 Å². The van der Waals surface area contributed by atoms with E-state index in [4.69, 9.17) is 33.7 Å². The first kappa shape index (κ1) is 16.1. The first-order valence-corrected chi connectivity index (χ1v) is 7.80. The summed E-state index contributed by atoms with van der Waals surface area (Å²) in [7, 11) is 1.76. The third-order valence-electron chi connectivity index (χ3n) is 3.96. The standard InChI is InChI=1S/C15H22Cl2N2O/c1-20-10-11-4-3-7-19(9-11)14(8-18)12-5-2-6-13(16)15(12)17/h2,5-6,11,14H,3-4,7-10,18H2,1H3. The van der Waals surface area contributed by atoms with Crippen molar-refractivity contribution in [2.24, 2.45) is 11.7 Å². The van der Waals surface area contributed by atoms with Gasteiger partial charge in [-0.1, -0.05) is 35.3 Å². The Morgan fingerprint density at radius 1 is 1.45 bits per heavy atom. The molecule has 0 bridgehead atoms. The molecule has 0 amide bonds. The van der Waals surface area contributed by atoms with Gasteiger partial charge in [-0.3, -0.25) is 4.90 Å². The van der Waals surface area contributed by atoms with Crippen LogP contribution in [0.3, 0.4) is 0 Å². The van der Waals surface area contributed by atoms with E-state index >= 15 is 0 Å². The molecule has 0 saturated carbocycles. The smallest absolute Gasteiger partial charge is 0.0640 e. The Labute approximate surface area is 131 Å². The third-order valence-corrected chi connectivity index (χ3v) is 4.79. The van der Waals surface area contributed by atoms with Crippen LogP contribution in [0.5, 0.6) is 0 Å². The molecule has 1 aromatic rings. The van der Waals surface area contributed by atoms with Crippen LogP contribution in [-0.4, -0.2) is 38.3 Å². The van der Waals surface area contributed by atoms with Gasteiger partial charge in [0.25, 0.3) is 0 Å². The van der Waals surface area contributed by atoms with Gasteiger partial charge < -0.3 is 10.5 Å². The number of piperidine rings is 1. The molecule has 1 heterocycles. The summed E-state index contributed by atoms with van der Waals surface area (Å²) in [6.45, 7) is 3.39. The largest absolute Gasteiger partial charge is 0.384 e. The van der Waals surface area contributed by atoms with Gasteiger partial charge in [0.05, 0.1) is 16.7 Å². The van der Waals surface area contributed by atoms with E-state index in [9.17, 15) is 0 Å². The fraction of sp³-hybridized carbons (Fsp3) is 0.600. The maximum absolute atomic E-state index is 6.34. The number of methoxy groups -OCH3 is 1. The van der Waals surface area contributed by atoms with Crippen LogP contribution in [0.1, 0.15) is 24.4 Å². The highest BCUT2D eigenvalue weighted by atomic mass is 35.5. The summed E-state index contributed by atoms with van der Waals surface area (Å²) in [6, 6.07) is 5.89. The number of likely N-dealkylation sites (tertiary alicyclic amines) is 1. The molecule has 20 heavy (non-hydrogen) atoms. The molecule has 1 aromatic carbocycles. The minimum absolute atomic E-state index is 0.126. The Morgan fingerprint density at radius 3 is 2.95 bits per heavy atom. The molecule has 5 heteroatoms. The van der Waals surface area contributed by atoms with Crippen LogP contribution in [0.15, 0.2) is 18.2 Å². The lowest BCUT2D eigenvalue weighted by molar-refractivity contribution is 0.0697. The Morgan fingerprint density at radius 2 is 2.25 bits per heavy atom. The molecule has 1 aliphatic heterocycles. The van der Waals surface area contributed by atoms with Crippen molar-refractivity contribution in [2.45, 2.75) is 18.9 Å². The first-order chi connectivity index (χ1) is 9.67. The van der Waals surface area contributed by atoms with E-state index in [1.807, 2.05) is 18.2 Å². The van der Waals surface area contributed by atoms with Gasteiger partial charge in [-0.05, 0) is 36.9 Å². The molecule has 0 aromatic heterocycles. The maximum atomic E-state index is 6.34. The van der Waals surface area contributed by atoms with E-state index in [1.165, 1.54) is 12.8 Å². The number of halogens is 2. The van der Waals surface area contributed by atoms with E-state index in [0.717, 1.165) is 25.3 Å². The first-order valence-electron chi connectivity index (χ1n) is 7.04. The number of ether oxygens (including phenoxy) is 1. The number of benzene rings is 1. The second-order valence-corrected chi connectivity index (χ2v) is 6.14. The van der Waals surface area contributed by atoms with Crippen molar-refractivity contribution in [1.29, 1.82) is 0 Å². The monoisotopic (exact) mass is 316 g/mol. The fourth-order valence-corrected chi connectivity index (χ4v) is 3.44. The molecular weight excluding hydrogens is 295 g/mol. The second-order valence-electron chi connectivity index (χ2n) is 5.35. The number of nitrogens with zero attached hydrogens (tertiary/aromatic N) is 1. The summed E-state index contributed by atoms with van der Waals surface area (Å²) < 4.78 is 5.29. The van der Waals surface area contributed by atoms with E-state index in [2.05, 4.69) is 4.90 Å². The quantitative estimate of drug-likeness (QED) is 0.905. The average Bonchev–Trinajstić information content (AvgIpc) is 2.45. The van der Waals surface area contributed by atoms with E-state index < -0.39 is 0 Å². The summed E-state index contributed by atoms with van der Waals surface area (Å²) in [4.78, 5) is 2.41. The molecular formula is C15H22Cl2N2O. The lowest BCUT2D eigenvalue weighted by Crippen LogP contribution is -2.42. The summed E-state index contributed by atoms with van der Waals surface area (Å²) >= 11 is 12.5. The molecule has 3 nitrogen and oxygen atoms in total. The van der Waals surface area contributed by atoms with Gasteiger partial charge in [-0.15, -0.1) is 0 Å². The number of nitrogens with two attached hydrogens (primary N) is 1. The average molecular weight is 317 g/mol. The van der Waals surface area contributed by atoms with Crippen molar-refractivity contribution in [3.8, 4) is 0 Å². The predicted octanol–water partition coefficient (Wildman–Crippen LogP) is 3.35. The van der Waals surface area contributed by atoms with Crippen molar-refractivity contribution >= 4 is 23.2 Å². The predicted molar refractivity (Wildman–Crippen MR) is 84.4 cm³/mol. The van der Waals surface area contributed by atoms with Crippen LogP contribution in [0.25, 0.3) is 0 Å². The third kappa shape index (κ3) is 3.66. The molecule has 2 atom stereocenters. The van der Waals surface area contributed by atoms with Gasteiger partial charge in [0.15, 0.2) is 0 Å². The summed E-state index contributed by atoms with van der Waals surface area (Å²) in [5, 5.41) is 1.21. The van der Waals surface area contributed by atoms with Gasteiger partial charge >= 0.3 is 0 Å². The zero-order chi connectivity index (χ0) is 14.5. The van der Waals surface area contributed by atoms with Crippen molar-refractivity contribution in [1.82, 2.24) is 4.90 Å². The molecule has 1 saturated heterocycles. The van der Waals surface area contributed by atoms with Crippen LogP contribution in [0.2, 0.25) is 10.0 Å². The van der Waals surface area contributed by atoms with Crippen molar-refractivity contribution < 1.29 is 4.74 Å². The number of rotatable bonds is 5. The highest BCUT2D eigenvalue weighted by molar-refractivity contribution is 6.42. The molecule has 0 spiro atoms. The molecule has 1 fully saturated rings. The zero-order valence-electron chi connectivity index (χ0n) is 11.8. The minimum Gasteiger partial charge on any atom is -0.384 e. The van der Waals surface area contributed by atoms with Crippen molar-refractivity contribution in [3.05, 3.63) is 33.8 Å². The normalized spacial score (nSPS) is 21.9. The Hall–Kier alpha value is -0.320. The maximum Gasteiger partial charge on any atom is 0.0640 e. The molecule has 0 radical (unpaired) electrons. The van der Waals surface area contributed by atoms with E-state index in [1.54, 1.807) is 7.11 Å². The molecule has 2 rings (SSSR count). The number of hydrogen-bond acceptors (Lipinski definition) is 3. The van der Waals surface area contributed by atoms with Crippen molar-refractivity contribution in [2.75, 3.05) is 33.4 Å². The fourth-order valence-electron chi connectivity index (χ4n) is 3.00. The van der Waals surface area contributed by atoms with Gasteiger partial charge in [-0.25, -0.2) is 0 Å². The molecule has 2 N–H and O–H groups in total. The zero-order valence-corrected chi connectivity index (χ0v) is 13.3.